The second-order valence-electron chi connectivity index (χ2n) is 5.65. The molecule has 1 unspecified atom stereocenters. The molecule has 4 heteroatoms. The average molecular weight is 294 g/mol. The summed E-state index contributed by atoms with van der Waals surface area (Å²) in [5.74, 6) is 0.949. The highest BCUT2D eigenvalue weighted by atomic mass is 16.5. The second kappa shape index (κ2) is 9.03. The number of ether oxygens (including phenoxy) is 2. The van der Waals surface area contributed by atoms with Gasteiger partial charge in [0.05, 0.1) is 13.2 Å². The van der Waals surface area contributed by atoms with Crippen LogP contribution in [-0.4, -0.2) is 37.8 Å². The minimum Gasteiger partial charge on any atom is -0.494 e. The van der Waals surface area contributed by atoms with Gasteiger partial charge in [-0.3, -0.25) is 4.90 Å². The highest BCUT2D eigenvalue weighted by Gasteiger charge is 2.14. The van der Waals surface area contributed by atoms with E-state index in [1.807, 2.05) is 26.0 Å². The topological polar surface area (TPSA) is 47.7 Å². The molecule has 2 N–H and O–H groups in total. The summed E-state index contributed by atoms with van der Waals surface area (Å²) in [6.07, 6.45) is 0. The van der Waals surface area contributed by atoms with Gasteiger partial charge in [-0.25, -0.2) is 0 Å². The molecule has 1 aromatic carbocycles. The van der Waals surface area contributed by atoms with Gasteiger partial charge in [0.25, 0.3) is 0 Å². The van der Waals surface area contributed by atoms with Crippen molar-refractivity contribution in [3.8, 4) is 5.75 Å². The van der Waals surface area contributed by atoms with Gasteiger partial charge >= 0.3 is 0 Å². The molecule has 0 aromatic heterocycles. The van der Waals surface area contributed by atoms with Gasteiger partial charge in [-0.05, 0) is 45.4 Å². The largest absolute Gasteiger partial charge is 0.494 e. The lowest BCUT2D eigenvalue weighted by Crippen LogP contribution is -2.33. The fourth-order valence-corrected chi connectivity index (χ4v) is 2.25. The predicted molar refractivity (Wildman–Crippen MR) is 87.6 cm³/mol. The van der Waals surface area contributed by atoms with Gasteiger partial charge in [0.1, 0.15) is 5.75 Å². The third-order valence-corrected chi connectivity index (χ3v) is 3.60. The Balaban J connectivity index is 2.97. The molecule has 0 bridgehead atoms. The molecule has 0 heterocycles. The summed E-state index contributed by atoms with van der Waals surface area (Å²) >= 11 is 0. The molecular formula is C17H30N2O2. The fraction of sp³-hybridized carbons (Fsp3) is 0.647. The molecule has 0 radical (unpaired) electrons. The lowest BCUT2D eigenvalue weighted by Gasteiger charge is -2.27. The molecule has 0 aliphatic heterocycles. The van der Waals surface area contributed by atoms with E-state index in [0.717, 1.165) is 31.0 Å². The van der Waals surface area contributed by atoms with Gasteiger partial charge in [0.15, 0.2) is 0 Å². The molecule has 120 valence electrons. The van der Waals surface area contributed by atoms with Crippen molar-refractivity contribution in [3.63, 3.8) is 0 Å². The van der Waals surface area contributed by atoms with Gasteiger partial charge < -0.3 is 15.2 Å². The van der Waals surface area contributed by atoms with E-state index in [1.54, 1.807) is 7.11 Å². The van der Waals surface area contributed by atoms with E-state index >= 15 is 0 Å². The number of nitrogens with two attached hydrogens (primary N) is 1. The van der Waals surface area contributed by atoms with E-state index in [1.165, 1.54) is 5.56 Å². The first-order chi connectivity index (χ1) is 9.99. The summed E-state index contributed by atoms with van der Waals surface area (Å²) in [4.78, 5) is 2.38. The maximum atomic E-state index is 6.00. The highest BCUT2D eigenvalue weighted by Crippen LogP contribution is 2.25. The number of hydrogen-bond donors (Lipinski definition) is 1. The van der Waals surface area contributed by atoms with Gasteiger partial charge in [-0.15, -0.1) is 0 Å². The molecule has 0 spiro atoms. The van der Waals surface area contributed by atoms with Crippen LogP contribution in [0, 0.1) is 0 Å². The number of methoxy groups -OCH3 is 1. The van der Waals surface area contributed by atoms with E-state index in [2.05, 4.69) is 24.8 Å². The van der Waals surface area contributed by atoms with Gasteiger partial charge in [0, 0.05) is 37.8 Å². The fourth-order valence-electron chi connectivity index (χ4n) is 2.25. The van der Waals surface area contributed by atoms with E-state index < -0.39 is 0 Å². The average Bonchev–Trinajstić information content (AvgIpc) is 2.44. The van der Waals surface area contributed by atoms with Crippen molar-refractivity contribution in [1.82, 2.24) is 4.90 Å². The molecule has 1 atom stereocenters. The molecule has 4 nitrogen and oxygen atoms in total. The molecule has 21 heavy (non-hydrogen) atoms. The molecule has 1 rings (SSSR count). The normalized spacial score (nSPS) is 13.0. The van der Waals surface area contributed by atoms with E-state index in [-0.39, 0.29) is 6.04 Å². The standard InChI is InChI=1S/C17H30N2O2/c1-6-21-17-8-7-15(14(4)18)11-16(17)12-19(13(2)3)9-10-20-5/h7-8,11,13-14H,6,9-10,12,18H2,1-5H3. The van der Waals surface area contributed by atoms with Crippen LogP contribution in [0.2, 0.25) is 0 Å². The van der Waals surface area contributed by atoms with Crippen LogP contribution < -0.4 is 10.5 Å². The van der Waals surface area contributed by atoms with Crippen LogP contribution in [0.4, 0.5) is 0 Å². The van der Waals surface area contributed by atoms with Crippen LogP contribution in [0.25, 0.3) is 0 Å². The lowest BCUT2D eigenvalue weighted by atomic mass is 10.0. The Morgan fingerprint density at radius 3 is 2.48 bits per heavy atom. The van der Waals surface area contributed by atoms with Crippen molar-refractivity contribution in [2.24, 2.45) is 5.73 Å². The Bertz CT molecular complexity index is 419. The van der Waals surface area contributed by atoms with Gasteiger partial charge in [-0.1, -0.05) is 6.07 Å². The van der Waals surface area contributed by atoms with Crippen molar-refractivity contribution in [2.75, 3.05) is 26.9 Å². The van der Waals surface area contributed by atoms with Gasteiger partial charge in [-0.2, -0.15) is 0 Å². The number of rotatable bonds is 9. The molecule has 0 amide bonds. The predicted octanol–water partition coefficient (Wildman–Crippen LogP) is 2.96. The molecule has 0 aliphatic rings. The van der Waals surface area contributed by atoms with E-state index in [4.69, 9.17) is 15.2 Å². The van der Waals surface area contributed by atoms with Gasteiger partial charge in [0.2, 0.25) is 0 Å². The first-order valence-corrected chi connectivity index (χ1v) is 7.73. The zero-order valence-electron chi connectivity index (χ0n) is 14.1. The first kappa shape index (κ1) is 18.0. The number of hydrogen-bond acceptors (Lipinski definition) is 4. The summed E-state index contributed by atoms with van der Waals surface area (Å²) in [6.45, 7) is 11.6. The van der Waals surface area contributed by atoms with Crippen LogP contribution in [0.1, 0.15) is 44.9 Å². The van der Waals surface area contributed by atoms with Crippen molar-refractivity contribution >= 4 is 0 Å². The Labute approximate surface area is 129 Å². The van der Waals surface area contributed by atoms with Crippen molar-refractivity contribution < 1.29 is 9.47 Å². The maximum Gasteiger partial charge on any atom is 0.123 e. The summed E-state index contributed by atoms with van der Waals surface area (Å²) in [5.41, 5.74) is 8.34. The van der Waals surface area contributed by atoms with Crippen molar-refractivity contribution in [2.45, 2.75) is 46.3 Å². The number of benzene rings is 1. The zero-order valence-corrected chi connectivity index (χ0v) is 14.1. The van der Waals surface area contributed by atoms with Crippen molar-refractivity contribution in [3.05, 3.63) is 29.3 Å². The Hall–Kier alpha value is -1.10. The molecule has 1 aromatic rings. The third-order valence-electron chi connectivity index (χ3n) is 3.60. The highest BCUT2D eigenvalue weighted by molar-refractivity contribution is 5.38. The van der Waals surface area contributed by atoms with Crippen LogP contribution in [0.5, 0.6) is 5.75 Å². The van der Waals surface area contributed by atoms with Crippen molar-refractivity contribution in [1.29, 1.82) is 0 Å². The second-order valence-corrected chi connectivity index (χ2v) is 5.65. The van der Waals surface area contributed by atoms with E-state index in [9.17, 15) is 0 Å². The molecule has 0 saturated heterocycles. The SMILES string of the molecule is CCOc1ccc(C(C)N)cc1CN(CCOC)C(C)C. The monoisotopic (exact) mass is 294 g/mol. The number of nitrogens with zero attached hydrogens (tertiary/aromatic N) is 1. The third kappa shape index (κ3) is 5.65. The Morgan fingerprint density at radius 1 is 1.24 bits per heavy atom. The lowest BCUT2D eigenvalue weighted by molar-refractivity contribution is 0.124. The summed E-state index contributed by atoms with van der Waals surface area (Å²) < 4.78 is 11.0. The molecule has 0 aliphatic carbocycles. The quantitative estimate of drug-likeness (QED) is 0.760. The molecule has 0 saturated carbocycles. The zero-order chi connectivity index (χ0) is 15.8. The Morgan fingerprint density at radius 2 is 1.95 bits per heavy atom. The smallest absolute Gasteiger partial charge is 0.123 e. The van der Waals surface area contributed by atoms with E-state index in [0.29, 0.717) is 12.6 Å². The summed E-state index contributed by atoms with van der Waals surface area (Å²) in [6, 6.07) is 6.73. The Kier molecular flexibility index (Phi) is 7.72. The minimum absolute atomic E-state index is 0.0332. The first-order valence-electron chi connectivity index (χ1n) is 7.73. The van der Waals surface area contributed by atoms with Crippen LogP contribution >= 0.6 is 0 Å². The van der Waals surface area contributed by atoms with Crippen LogP contribution in [0.3, 0.4) is 0 Å². The summed E-state index contributed by atoms with van der Waals surface area (Å²) in [5, 5.41) is 0. The maximum absolute atomic E-state index is 6.00. The van der Waals surface area contributed by atoms with Crippen LogP contribution in [0.15, 0.2) is 18.2 Å². The molecule has 0 fully saturated rings. The minimum atomic E-state index is 0.0332. The van der Waals surface area contributed by atoms with Crippen LogP contribution in [-0.2, 0) is 11.3 Å². The summed E-state index contributed by atoms with van der Waals surface area (Å²) in [7, 11) is 1.74. The molecular weight excluding hydrogens is 264 g/mol.